The smallest absolute Gasteiger partial charge is 0.265 e. The molecule has 0 aromatic heterocycles. The molecule has 3 rings (SSSR count). The summed E-state index contributed by atoms with van der Waals surface area (Å²) in [5, 5.41) is 2.76. The Labute approximate surface area is 205 Å². The number of amides is 1. The molecule has 0 aliphatic rings. The van der Waals surface area contributed by atoms with Gasteiger partial charge in [-0.1, -0.05) is 19.1 Å². The number of nitrogens with one attached hydrogen (secondary N) is 2. The van der Waals surface area contributed by atoms with E-state index in [1.54, 1.807) is 36.4 Å². The molecule has 0 radical (unpaired) electrons. The van der Waals surface area contributed by atoms with Crippen molar-refractivity contribution in [3.8, 4) is 23.0 Å². The lowest BCUT2D eigenvalue weighted by Gasteiger charge is -2.19. The van der Waals surface area contributed by atoms with Crippen LogP contribution < -0.4 is 29.0 Å². The number of rotatable bonds is 11. The molecule has 1 amide bonds. The molecule has 0 saturated carbocycles. The van der Waals surface area contributed by atoms with Crippen molar-refractivity contribution in [2.75, 3.05) is 31.4 Å². The molecule has 3 aromatic carbocycles. The predicted molar refractivity (Wildman–Crippen MR) is 133 cm³/mol. The lowest BCUT2D eigenvalue weighted by atomic mass is 10.2. The average molecular weight is 501 g/mol. The molecule has 35 heavy (non-hydrogen) atoms. The maximum Gasteiger partial charge on any atom is 0.265 e. The monoisotopic (exact) mass is 500 g/mol. The van der Waals surface area contributed by atoms with Crippen LogP contribution in [0.3, 0.4) is 0 Å². The highest BCUT2D eigenvalue weighted by molar-refractivity contribution is 7.92. The summed E-state index contributed by atoms with van der Waals surface area (Å²) in [7, 11) is 0.566. The highest BCUT2D eigenvalue weighted by Crippen LogP contribution is 2.31. The minimum absolute atomic E-state index is 0.0192. The number of sulfonamides is 1. The van der Waals surface area contributed by atoms with Crippen LogP contribution >= 0.6 is 0 Å². The van der Waals surface area contributed by atoms with Gasteiger partial charge in [0.15, 0.2) is 17.6 Å². The minimum atomic E-state index is -3.90. The topological polar surface area (TPSA) is 112 Å². The summed E-state index contributed by atoms with van der Waals surface area (Å²) in [6.07, 6.45) is -0.344. The van der Waals surface area contributed by atoms with E-state index in [-0.39, 0.29) is 16.5 Å². The zero-order valence-electron chi connectivity index (χ0n) is 19.9. The number of hydrogen-bond acceptors (Lipinski definition) is 7. The Kier molecular flexibility index (Phi) is 8.43. The summed E-state index contributed by atoms with van der Waals surface area (Å²) in [6, 6.07) is 17.6. The van der Waals surface area contributed by atoms with Crippen LogP contribution in [0.2, 0.25) is 0 Å². The zero-order chi connectivity index (χ0) is 25.4. The van der Waals surface area contributed by atoms with Gasteiger partial charge >= 0.3 is 0 Å². The van der Waals surface area contributed by atoms with Crippen molar-refractivity contribution in [2.24, 2.45) is 0 Å². The molecule has 0 aliphatic heterocycles. The molecule has 0 bridgehead atoms. The summed E-state index contributed by atoms with van der Waals surface area (Å²) in [5.74, 6) is 1.46. The summed E-state index contributed by atoms with van der Waals surface area (Å²) in [6.45, 7) is 1.83. The largest absolute Gasteiger partial charge is 0.497 e. The fraction of sp³-hybridized carbons (Fsp3) is 0.240. The van der Waals surface area contributed by atoms with E-state index in [4.69, 9.17) is 18.9 Å². The van der Waals surface area contributed by atoms with Crippen molar-refractivity contribution in [1.29, 1.82) is 0 Å². The Balaban J connectivity index is 1.70. The lowest BCUT2D eigenvalue weighted by Crippen LogP contribution is -2.32. The fourth-order valence-electron chi connectivity index (χ4n) is 3.22. The van der Waals surface area contributed by atoms with Gasteiger partial charge < -0.3 is 24.3 Å². The molecular weight excluding hydrogens is 472 g/mol. The molecule has 0 spiro atoms. The molecule has 0 saturated heterocycles. The van der Waals surface area contributed by atoms with Gasteiger partial charge in [0.2, 0.25) is 0 Å². The molecule has 0 fully saturated rings. The second-order valence-electron chi connectivity index (χ2n) is 7.35. The number of benzene rings is 3. The van der Waals surface area contributed by atoms with Crippen LogP contribution in [0.4, 0.5) is 11.4 Å². The second-order valence-corrected chi connectivity index (χ2v) is 9.03. The SMILES string of the molecule is CC[C@@H](Oc1ccccc1OC)C(=O)Nc1ccc(S(=O)(=O)Nc2ccc(OC)cc2OC)cc1. The van der Waals surface area contributed by atoms with Gasteiger partial charge in [0.1, 0.15) is 11.5 Å². The molecule has 9 nitrogen and oxygen atoms in total. The Bertz CT molecular complexity index is 1260. The van der Waals surface area contributed by atoms with Crippen LogP contribution in [-0.2, 0) is 14.8 Å². The molecule has 3 aromatic rings. The maximum absolute atomic E-state index is 12.9. The molecule has 0 unspecified atom stereocenters. The van der Waals surface area contributed by atoms with Gasteiger partial charge in [-0.05, 0) is 55.0 Å². The van der Waals surface area contributed by atoms with Crippen molar-refractivity contribution < 1.29 is 32.2 Å². The van der Waals surface area contributed by atoms with Crippen molar-refractivity contribution in [3.05, 3.63) is 66.7 Å². The van der Waals surface area contributed by atoms with E-state index in [2.05, 4.69) is 10.0 Å². The van der Waals surface area contributed by atoms with E-state index in [1.807, 2.05) is 13.0 Å². The third-order valence-electron chi connectivity index (χ3n) is 5.09. The number of methoxy groups -OCH3 is 3. The van der Waals surface area contributed by atoms with Gasteiger partial charge in [-0.2, -0.15) is 0 Å². The van der Waals surface area contributed by atoms with E-state index in [9.17, 15) is 13.2 Å². The highest BCUT2D eigenvalue weighted by atomic mass is 32.2. The number of para-hydroxylation sites is 2. The Morgan fingerprint density at radius 1 is 0.857 bits per heavy atom. The highest BCUT2D eigenvalue weighted by Gasteiger charge is 2.21. The van der Waals surface area contributed by atoms with Crippen molar-refractivity contribution in [1.82, 2.24) is 0 Å². The summed E-state index contributed by atoms with van der Waals surface area (Å²) in [4.78, 5) is 12.8. The third-order valence-corrected chi connectivity index (χ3v) is 6.47. The quantitative estimate of drug-likeness (QED) is 0.403. The number of hydrogen-bond donors (Lipinski definition) is 2. The van der Waals surface area contributed by atoms with Gasteiger partial charge in [-0.3, -0.25) is 9.52 Å². The van der Waals surface area contributed by atoms with Crippen LogP contribution in [0.1, 0.15) is 13.3 Å². The molecule has 10 heteroatoms. The number of anilines is 2. The normalized spacial score (nSPS) is 11.8. The van der Waals surface area contributed by atoms with Crippen LogP contribution in [0.15, 0.2) is 71.6 Å². The lowest BCUT2D eigenvalue weighted by molar-refractivity contribution is -0.122. The zero-order valence-corrected chi connectivity index (χ0v) is 20.7. The number of carbonyl (C=O) groups excluding carboxylic acids is 1. The van der Waals surface area contributed by atoms with Gasteiger partial charge in [0, 0.05) is 11.8 Å². The molecule has 186 valence electrons. The number of carbonyl (C=O) groups is 1. The molecule has 2 N–H and O–H groups in total. The van der Waals surface area contributed by atoms with E-state index in [0.29, 0.717) is 35.1 Å². The molecule has 0 heterocycles. The number of ether oxygens (including phenoxy) is 4. The Hall–Kier alpha value is -3.92. The summed E-state index contributed by atoms with van der Waals surface area (Å²) < 4.78 is 49.7. The standard InChI is InChI=1S/C25H28N2O7S/c1-5-21(34-23-9-7-6-8-22(23)32-3)25(28)26-17-10-13-19(14-11-17)35(29,30)27-20-15-12-18(31-2)16-24(20)33-4/h6-16,21,27H,5H2,1-4H3,(H,26,28)/t21-/m1/s1. The van der Waals surface area contributed by atoms with Crippen molar-refractivity contribution in [3.63, 3.8) is 0 Å². The summed E-state index contributed by atoms with van der Waals surface area (Å²) in [5.41, 5.74) is 0.697. The third kappa shape index (κ3) is 6.36. The fourth-order valence-corrected chi connectivity index (χ4v) is 4.29. The molecular formula is C25H28N2O7S. The van der Waals surface area contributed by atoms with E-state index in [1.165, 1.54) is 45.6 Å². The average Bonchev–Trinajstić information content (AvgIpc) is 2.87. The van der Waals surface area contributed by atoms with Crippen LogP contribution in [-0.4, -0.2) is 41.8 Å². The van der Waals surface area contributed by atoms with Gasteiger partial charge in [0.25, 0.3) is 15.9 Å². The molecule has 1 atom stereocenters. The minimum Gasteiger partial charge on any atom is -0.497 e. The van der Waals surface area contributed by atoms with E-state index < -0.39 is 16.1 Å². The van der Waals surface area contributed by atoms with Gasteiger partial charge in [0.05, 0.1) is 31.9 Å². The van der Waals surface area contributed by atoms with Crippen molar-refractivity contribution >= 4 is 27.3 Å². The van der Waals surface area contributed by atoms with Crippen molar-refractivity contribution in [2.45, 2.75) is 24.3 Å². The first-order chi connectivity index (χ1) is 16.8. The van der Waals surface area contributed by atoms with Crippen LogP contribution in [0.5, 0.6) is 23.0 Å². The Morgan fingerprint density at radius 3 is 2.11 bits per heavy atom. The van der Waals surface area contributed by atoms with Crippen LogP contribution in [0.25, 0.3) is 0 Å². The predicted octanol–water partition coefficient (Wildman–Crippen LogP) is 4.31. The first kappa shape index (κ1) is 25.7. The van der Waals surface area contributed by atoms with E-state index >= 15 is 0 Å². The van der Waals surface area contributed by atoms with E-state index in [0.717, 1.165) is 0 Å². The van der Waals surface area contributed by atoms with Gasteiger partial charge in [-0.15, -0.1) is 0 Å². The molecule has 0 aliphatic carbocycles. The first-order valence-electron chi connectivity index (χ1n) is 10.8. The first-order valence-corrected chi connectivity index (χ1v) is 12.2. The maximum atomic E-state index is 12.9. The summed E-state index contributed by atoms with van der Waals surface area (Å²) >= 11 is 0. The second kappa shape index (κ2) is 11.5. The van der Waals surface area contributed by atoms with Crippen LogP contribution in [0, 0.1) is 0 Å². The van der Waals surface area contributed by atoms with Gasteiger partial charge in [-0.25, -0.2) is 8.42 Å². The Morgan fingerprint density at radius 2 is 1.51 bits per heavy atom.